The summed E-state index contributed by atoms with van der Waals surface area (Å²) < 4.78 is 5.66. The summed E-state index contributed by atoms with van der Waals surface area (Å²) in [7, 11) is 0. The zero-order valence-corrected chi connectivity index (χ0v) is 14.6. The number of hydrogen-bond acceptors (Lipinski definition) is 3. The number of piperidine rings is 1. The first-order valence-electron chi connectivity index (χ1n) is 9.52. The molecule has 0 aromatic rings. The van der Waals surface area contributed by atoms with E-state index >= 15 is 0 Å². The fourth-order valence-electron chi connectivity index (χ4n) is 5.63. The largest absolute Gasteiger partial charge is 0.379 e. The SMILES string of the molecule is CC(C)N1C(=O)N(C2CCCOC2)CC12CC1CCCNC1C2. The third-order valence-corrected chi connectivity index (χ3v) is 6.49. The molecule has 0 aromatic heterocycles. The molecule has 1 aliphatic carbocycles. The van der Waals surface area contributed by atoms with Gasteiger partial charge in [0.1, 0.15) is 0 Å². The topological polar surface area (TPSA) is 44.8 Å². The molecule has 0 bridgehead atoms. The molecular formula is C18H31N3O2. The highest BCUT2D eigenvalue weighted by atomic mass is 16.5. The smallest absolute Gasteiger partial charge is 0.321 e. The van der Waals surface area contributed by atoms with Crippen molar-refractivity contribution in [2.75, 3.05) is 26.3 Å². The molecule has 4 unspecified atom stereocenters. The molecule has 0 aromatic carbocycles. The molecule has 2 amide bonds. The van der Waals surface area contributed by atoms with E-state index < -0.39 is 0 Å². The predicted octanol–water partition coefficient (Wildman–Crippen LogP) is 2.21. The highest BCUT2D eigenvalue weighted by Gasteiger charge is 2.58. The van der Waals surface area contributed by atoms with Crippen LogP contribution in [0.1, 0.15) is 52.4 Å². The van der Waals surface area contributed by atoms with Crippen LogP contribution >= 0.6 is 0 Å². The highest BCUT2D eigenvalue weighted by Crippen LogP contribution is 2.47. The van der Waals surface area contributed by atoms with E-state index in [1.165, 1.54) is 19.3 Å². The van der Waals surface area contributed by atoms with E-state index in [4.69, 9.17) is 4.74 Å². The quantitative estimate of drug-likeness (QED) is 0.848. The van der Waals surface area contributed by atoms with Crippen LogP contribution in [0.5, 0.6) is 0 Å². The molecule has 0 radical (unpaired) electrons. The van der Waals surface area contributed by atoms with Gasteiger partial charge in [0.2, 0.25) is 0 Å². The van der Waals surface area contributed by atoms with Crippen LogP contribution in [0.2, 0.25) is 0 Å². The molecule has 4 atom stereocenters. The maximum absolute atomic E-state index is 13.2. The fourth-order valence-corrected chi connectivity index (χ4v) is 5.63. The summed E-state index contributed by atoms with van der Waals surface area (Å²) in [6, 6.07) is 1.43. The monoisotopic (exact) mass is 321 g/mol. The van der Waals surface area contributed by atoms with Gasteiger partial charge in [-0.25, -0.2) is 4.79 Å². The van der Waals surface area contributed by atoms with Crippen molar-refractivity contribution < 1.29 is 9.53 Å². The van der Waals surface area contributed by atoms with Crippen molar-refractivity contribution in [3.8, 4) is 0 Å². The third-order valence-electron chi connectivity index (χ3n) is 6.49. The first-order chi connectivity index (χ1) is 11.1. The Hall–Kier alpha value is -0.810. The lowest BCUT2D eigenvalue weighted by Gasteiger charge is -2.36. The van der Waals surface area contributed by atoms with Crippen molar-refractivity contribution in [1.29, 1.82) is 0 Å². The number of hydrogen-bond donors (Lipinski definition) is 1. The highest BCUT2D eigenvalue weighted by molar-refractivity contribution is 5.79. The molecule has 23 heavy (non-hydrogen) atoms. The minimum atomic E-state index is 0.0510. The van der Waals surface area contributed by atoms with Crippen LogP contribution in [0.3, 0.4) is 0 Å². The Morgan fingerprint density at radius 1 is 1.26 bits per heavy atom. The van der Waals surface area contributed by atoms with Crippen molar-refractivity contribution in [2.24, 2.45) is 5.92 Å². The van der Waals surface area contributed by atoms with Gasteiger partial charge in [0, 0.05) is 25.2 Å². The standard InChI is InChI=1S/C18H31N3O2/c1-13(2)21-17(22)20(15-6-4-8-23-11-15)12-18(21)9-14-5-3-7-19-16(14)10-18/h13-16,19H,3-12H2,1-2H3. The van der Waals surface area contributed by atoms with E-state index in [0.717, 1.165) is 51.5 Å². The van der Waals surface area contributed by atoms with E-state index in [1.54, 1.807) is 0 Å². The number of nitrogens with zero attached hydrogens (tertiary/aromatic N) is 2. The van der Waals surface area contributed by atoms with Crippen LogP contribution in [0, 0.1) is 5.92 Å². The first kappa shape index (κ1) is 15.7. The molecule has 3 aliphatic heterocycles. The zero-order chi connectivity index (χ0) is 16.0. The summed E-state index contributed by atoms with van der Waals surface area (Å²) in [5, 5.41) is 3.72. The summed E-state index contributed by atoms with van der Waals surface area (Å²) in [5.74, 6) is 0.750. The van der Waals surface area contributed by atoms with Gasteiger partial charge in [0.15, 0.2) is 0 Å². The maximum atomic E-state index is 13.2. The lowest BCUT2D eigenvalue weighted by molar-refractivity contribution is 0.0351. The molecule has 5 nitrogen and oxygen atoms in total. The molecule has 130 valence electrons. The Morgan fingerprint density at radius 2 is 2.13 bits per heavy atom. The first-order valence-corrected chi connectivity index (χ1v) is 9.52. The molecule has 1 spiro atoms. The third kappa shape index (κ3) is 2.56. The van der Waals surface area contributed by atoms with Gasteiger partial charge in [0.05, 0.1) is 18.2 Å². The van der Waals surface area contributed by atoms with Crippen molar-refractivity contribution in [1.82, 2.24) is 15.1 Å². The fraction of sp³-hybridized carbons (Fsp3) is 0.944. The van der Waals surface area contributed by atoms with Crippen LogP contribution in [0.25, 0.3) is 0 Å². The molecule has 5 heteroatoms. The van der Waals surface area contributed by atoms with Gasteiger partial charge in [-0.3, -0.25) is 0 Å². The van der Waals surface area contributed by atoms with E-state index in [0.29, 0.717) is 6.04 Å². The Kier molecular flexibility index (Phi) is 4.04. The van der Waals surface area contributed by atoms with Crippen LogP contribution in [0.15, 0.2) is 0 Å². The van der Waals surface area contributed by atoms with Gasteiger partial charge >= 0.3 is 6.03 Å². The number of carbonyl (C=O) groups is 1. The predicted molar refractivity (Wildman–Crippen MR) is 89.4 cm³/mol. The molecule has 3 heterocycles. The van der Waals surface area contributed by atoms with Crippen LogP contribution in [0.4, 0.5) is 4.79 Å². The second-order valence-electron chi connectivity index (χ2n) is 8.34. The number of urea groups is 1. The average molecular weight is 321 g/mol. The number of ether oxygens (including phenoxy) is 1. The van der Waals surface area contributed by atoms with E-state index in [9.17, 15) is 4.79 Å². The summed E-state index contributed by atoms with van der Waals surface area (Å²) in [5.41, 5.74) is 0.0510. The van der Waals surface area contributed by atoms with Crippen molar-refractivity contribution in [2.45, 2.75) is 76.0 Å². The zero-order valence-electron chi connectivity index (χ0n) is 14.6. The molecule has 4 aliphatic rings. The van der Waals surface area contributed by atoms with Crippen molar-refractivity contribution >= 4 is 6.03 Å². The van der Waals surface area contributed by atoms with Crippen LogP contribution in [-0.4, -0.2) is 65.8 Å². The Bertz CT molecular complexity index is 447. The molecule has 1 N–H and O–H groups in total. The number of rotatable bonds is 2. The van der Waals surface area contributed by atoms with Crippen molar-refractivity contribution in [3.63, 3.8) is 0 Å². The second kappa shape index (κ2) is 5.92. The van der Waals surface area contributed by atoms with Gasteiger partial charge in [-0.15, -0.1) is 0 Å². The van der Waals surface area contributed by atoms with Gasteiger partial charge in [0.25, 0.3) is 0 Å². The lowest BCUT2D eigenvalue weighted by Crippen LogP contribution is -2.50. The minimum Gasteiger partial charge on any atom is -0.379 e. The molecule has 4 rings (SSSR count). The average Bonchev–Trinajstić information content (AvgIpc) is 3.05. The van der Waals surface area contributed by atoms with Gasteiger partial charge in [-0.2, -0.15) is 0 Å². The maximum Gasteiger partial charge on any atom is 0.321 e. The van der Waals surface area contributed by atoms with Gasteiger partial charge in [-0.05, 0) is 64.8 Å². The van der Waals surface area contributed by atoms with Crippen LogP contribution in [-0.2, 0) is 4.74 Å². The van der Waals surface area contributed by atoms with Crippen LogP contribution < -0.4 is 5.32 Å². The molecule has 1 saturated carbocycles. The number of fused-ring (bicyclic) bond motifs is 1. The Balaban J connectivity index is 1.59. The van der Waals surface area contributed by atoms with Crippen molar-refractivity contribution in [3.05, 3.63) is 0 Å². The van der Waals surface area contributed by atoms with E-state index in [2.05, 4.69) is 29.0 Å². The Morgan fingerprint density at radius 3 is 2.83 bits per heavy atom. The second-order valence-corrected chi connectivity index (χ2v) is 8.34. The molecule has 4 fully saturated rings. The molecular weight excluding hydrogens is 290 g/mol. The number of nitrogens with one attached hydrogen (secondary N) is 1. The minimum absolute atomic E-state index is 0.0510. The normalized spacial score (nSPS) is 41.2. The van der Waals surface area contributed by atoms with Gasteiger partial charge < -0.3 is 19.9 Å². The van der Waals surface area contributed by atoms with E-state index in [-0.39, 0.29) is 23.7 Å². The summed E-state index contributed by atoms with van der Waals surface area (Å²) >= 11 is 0. The van der Waals surface area contributed by atoms with Gasteiger partial charge in [-0.1, -0.05) is 0 Å². The van der Waals surface area contributed by atoms with E-state index in [1.807, 2.05) is 0 Å². The number of amides is 2. The molecule has 3 saturated heterocycles. The summed E-state index contributed by atoms with van der Waals surface area (Å²) in [6.07, 6.45) is 7.10. The summed E-state index contributed by atoms with van der Waals surface area (Å²) in [4.78, 5) is 17.6. The Labute approximate surface area is 139 Å². The number of carbonyl (C=O) groups excluding carboxylic acids is 1. The summed E-state index contributed by atoms with van der Waals surface area (Å²) in [6.45, 7) is 7.98. The lowest BCUT2D eigenvalue weighted by atomic mass is 9.91.